The van der Waals surface area contributed by atoms with Crippen LogP contribution in [0.4, 0.5) is 5.13 Å². The Morgan fingerprint density at radius 3 is 2.68 bits per heavy atom. The molecule has 2 aromatic carbocycles. The highest BCUT2D eigenvalue weighted by Crippen LogP contribution is 2.36. The minimum Gasteiger partial charge on any atom is -0.363 e. The number of aromatic nitrogens is 4. The second-order valence-corrected chi connectivity index (χ2v) is 7.47. The first-order valence-electron chi connectivity index (χ1n) is 9.06. The Labute approximate surface area is 166 Å². The molecule has 0 spiro atoms. The Bertz CT molecular complexity index is 1180. The van der Waals surface area contributed by atoms with Crippen LogP contribution in [0.5, 0.6) is 0 Å². The van der Waals surface area contributed by atoms with Crippen LogP contribution in [0.1, 0.15) is 17.0 Å². The van der Waals surface area contributed by atoms with Crippen molar-refractivity contribution < 1.29 is 0 Å². The molecule has 5 rings (SSSR count). The molecule has 0 aliphatic heterocycles. The standard InChI is InChI=1S/C22H17N5S/c1-23-22-27-26-21(28-22)16-8-7-14-9-10-17(18(14)13-16)20-24-12-11-19(25-20)15-5-3-2-4-6-15/h2-8,10-13H,9H2,1H3,(H,23,27). The van der Waals surface area contributed by atoms with Crippen LogP contribution in [0.2, 0.25) is 0 Å². The number of nitrogens with zero attached hydrogens (tertiary/aromatic N) is 4. The predicted octanol–water partition coefficient (Wildman–Crippen LogP) is 4.69. The maximum atomic E-state index is 4.83. The molecule has 0 saturated carbocycles. The summed E-state index contributed by atoms with van der Waals surface area (Å²) in [5.74, 6) is 0.755. The molecule has 4 aromatic rings. The van der Waals surface area contributed by atoms with Gasteiger partial charge in [0.1, 0.15) is 5.01 Å². The molecule has 28 heavy (non-hydrogen) atoms. The molecule has 2 aromatic heterocycles. The monoisotopic (exact) mass is 383 g/mol. The first kappa shape index (κ1) is 16.8. The van der Waals surface area contributed by atoms with Crippen molar-refractivity contribution in [1.29, 1.82) is 0 Å². The Morgan fingerprint density at radius 1 is 0.964 bits per heavy atom. The summed E-state index contributed by atoms with van der Waals surface area (Å²) in [6.45, 7) is 0. The van der Waals surface area contributed by atoms with Gasteiger partial charge >= 0.3 is 0 Å². The summed E-state index contributed by atoms with van der Waals surface area (Å²) in [6.07, 6.45) is 4.93. The third-order valence-corrected chi connectivity index (χ3v) is 5.77. The lowest BCUT2D eigenvalue weighted by Gasteiger charge is -2.08. The van der Waals surface area contributed by atoms with Crippen LogP contribution in [0.3, 0.4) is 0 Å². The SMILES string of the molecule is CNc1nnc(-c2ccc3c(c2)C(c2nccc(-c4ccccc4)n2)=CC3)s1. The van der Waals surface area contributed by atoms with E-state index in [0.717, 1.165) is 44.8 Å². The van der Waals surface area contributed by atoms with Gasteiger partial charge in [0, 0.05) is 29.9 Å². The summed E-state index contributed by atoms with van der Waals surface area (Å²) >= 11 is 1.54. The van der Waals surface area contributed by atoms with E-state index in [1.165, 1.54) is 11.1 Å². The molecular weight excluding hydrogens is 366 g/mol. The minimum atomic E-state index is 0.755. The topological polar surface area (TPSA) is 63.6 Å². The summed E-state index contributed by atoms with van der Waals surface area (Å²) in [5, 5.41) is 13.2. The predicted molar refractivity (Wildman–Crippen MR) is 113 cm³/mol. The molecule has 0 radical (unpaired) electrons. The van der Waals surface area contributed by atoms with Gasteiger partial charge in [0.2, 0.25) is 5.13 Å². The lowest BCUT2D eigenvalue weighted by molar-refractivity contribution is 1.09. The van der Waals surface area contributed by atoms with Gasteiger partial charge in [-0.3, -0.25) is 0 Å². The van der Waals surface area contributed by atoms with Crippen LogP contribution >= 0.6 is 11.3 Å². The van der Waals surface area contributed by atoms with Gasteiger partial charge < -0.3 is 5.32 Å². The third kappa shape index (κ3) is 2.97. The fraction of sp³-hybridized carbons (Fsp3) is 0.0909. The van der Waals surface area contributed by atoms with E-state index >= 15 is 0 Å². The summed E-state index contributed by atoms with van der Waals surface area (Å²) in [4.78, 5) is 9.38. The van der Waals surface area contributed by atoms with Gasteiger partial charge in [0.05, 0.1) is 5.69 Å². The molecule has 2 heterocycles. The average molecular weight is 383 g/mol. The van der Waals surface area contributed by atoms with Crippen molar-refractivity contribution in [1.82, 2.24) is 20.2 Å². The highest BCUT2D eigenvalue weighted by atomic mass is 32.1. The Balaban J connectivity index is 1.54. The van der Waals surface area contributed by atoms with Gasteiger partial charge in [-0.2, -0.15) is 0 Å². The number of rotatable bonds is 4. The van der Waals surface area contributed by atoms with E-state index in [4.69, 9.17) is 4.98 Å². The number of allylic oxidation sites excluding steroid dienone is 1. The molecule has 1 N–H and O–H groups in total. The fourth-order valence-electron chi connectivity index (χ4n) is 3.37. The van der Waals surface area contributed by atoms with E-state index in [1.807, 2.05) is 37.5 Å². The van der Waals surface area contributed by atoms with Crippen molar-refractivity contribution in [2.24, 2.45) is 0 Å². The zero-order valence-electron chi connectivity index (χ0n) is 15.3. The van der Waals surface area contributed by atoms with Gasteiger partial charge in [0.15, 0.2) is 5.82 Å². The summed E-state index contributed by atoms with van der Waals surface area (Å²) in [7, 11) is 1.85. The van der Waals surface area contributed by atoms with Gasteiger partial charge in [0.25, 0.3) is 0 Å². The van der Waals surface area contributed by atoms with Crippen LogP contribution in [0.15, 0.2) is 66.9 Å². The van der Waals surface area contributed by atoms with E-state index in [-0.39, 0.29) is 0 Å². The largest absolute Gasteiger partial charge is 0.363 e. The molecule has 1 aliphatic rings. The molecule has 0 amide bonds. The number of hydrogen-bond donors (Lipinski definition) is 1. The molecule has 1 aliphatic carbocycles. The number of nitrogens with one attached hydrogen (secondary N) is 1. The maximum Gasteiger partial charge on any atom is 0.205 e. The van der Waals surface area contributed by atoms with Gasteiger partial charge in [-0.1, -0.05) is 59.9 Å². The van der Waals surface area contributed by atoms with Crippen molar-refractivity contribution in [2.75, 3.05) is 12.4 Å². The number of benzene rings is 2. The molecular formula is C22H17N5S. The first-order valence-corrected chi connectivity index (χ1v) is 9.87. The van der Waals surface area contributed by atoms with Crippen LogP contribution in [-0.2, 0) is 6.42 Å². The molecule has 0 atom stereocenters. The van der Waals surface area contributed by atoms with E-state index in [1.54, 1.807) is 11.3 Å². The van der Waals surface area contributed by atoms with Crippen molar-refractivity contribution in [3.05, 3.63) is 83.8 Å². The van der Waals surface area contributed by atoms with Crippen LogP contribution in [-0.4, -0.2) is 27.2 Å². The quantitative estimate of drug-likeness (QED) is 0.554. The second kappa shape index (κ2) is 6.98. The van der Waals surface area contributed by atoms with E-state index in [0.29, 0.717) is 0 Å². The zero-order chi connectivity index (χ0) is 18.9. The number of anilines is 1. The van der Waals surface area contributed by atoms with Gasteiger partial charge in [-0.25, -0.2) is 9.97 Å². The van der Waals surface area contributed by atoms with Crippen molar-refractivity contribution >= 4 is 22.0 Å². The van der Waals surface area contributed by atoms with E-state index in [9.17, 15) is 0 Å². The molecule has 0 saturated heterocycles. The van der Waals surface area contributed by atoms with Crippen LogP contribution in [0, 0.1) is 0 Å². The molecule has 0 bridgehead atoms. The van der Waals surface area contributed by atoms with E-state index in [2.05, 4.69) is 56.9 Å². The smallest absolute Gasteiger partial charge is 0.205 e. The maximum absolute atomic E-state index is 4.83. The Hall–Kier alpha value is -3.38. The summed E-state index contributed by atoms with van der Waals surface area (Å²) in [5.41, 5.74) is 6.61. The molecule has 5 nitrogen and oxygen atoms in total. The zero-order valence-corrected chi connectivity index (χ0v) is 16.1. The van der Waals surface area contributed by atoms with Crippen LogP contribution < -0.4 is 5.32 Å². The van der Waals surface area contributed by atoms with Crippen molar-refractivity contribution in [2.45, 2.75) is 6.42 Å². The number of hydrogen-bond acceptors (Lipinski definition) is 6. The third-order valence-electron chi connectivity index (χ3n) is 4.78. The second-order valence-electron chi connectivity index (χ2n) is 6.49. The molecule has 136 valence electrons. The lowest BCUT2D eigenvalue weighted by atomic mass is 10.0. The normalized spacial score (nSPS) is 12.5. The Morgan fingerprint density at radius 2 is 1.86 bits per heavy atom. The number of fused-ring (bicyclic) bond motifs is 1. The fourth-order valence-corrected chi connectivity index (χ4v) is 4.06. The summed E-state index contributed by atoms with van der Waals surface area (Å²) < 4.78 is 0. The summed E-state index contributed by atoms with van der Waals surface area (Å²) in [6, 6.07) is 18.6. The van der Waals surface area contributed by atoms with Gasteiger partial charge in [-0.05, 0) is 29.7 Å². The van der Waals surface area contributed by atoms with Gasteiger partial charge in [-0.15, -0.1) is 10.2 Å². The highest BCUT2D eigenvalue weighted by Gasteiger charge is 2.20. The highest BCUT2D eigenvalue weighted by molar-refractivity contribution is 7.18. The molecule has 0 unspecified atom stereocenters. The molecule has 0 fully saturated rings. The minimum absolute atomic E-state index is 0.755. The first-order chi connectivity index (χ1) is 13.8. The van der Waals surface area contributed by atoms with Crippen LogP contribution in [0.25, 0.3) is 27.4 Å². The van der Waals surface area contributed by atoms with Crippen molar-refractivity contribution in [3.63, 3.8) is 0 Å². The lowest BCUT2D eigenvalue weighted by Crippen LogP contribution is -1.97. The van der Waals surface area contributed by atoms with E-state index < -0.39 is 0 Å². The van der Waals surface area contributed by atoms with Crippen molar-refractivity contribution in [3.8, 4) is 21.8 Å². The Kier molecular flexibility index (Phi) is 4.18. The average Bonchev–Trinajstić information content (AvgIpc) is 3.41. The molecule has 6 heteroatoms.